The fourth-order valence-corrected chi connectivity index (χ4v) is 2.29. The predicted molar refractivity (Wildman–Crippen MR) is 80.5 cm³/mol. The maximum absolute atomic E-state index is 11.4. The van der Waals surface area contributed by atoms with Gasteiger partial charge in [0.2, 0.25) is 12.4 Å². The normalized spacial score (nSPS) is 25.8. The summed E-state index contributed by atoms with van der Waals surface area (Å²) in [6, 6.07) is 0. The highest BCUT2D eigenvalue weighted by molar-refractivity contribution is 5.69. The zero-order valence-corrected chi connectivity index (χ0v) is 14.6. The van der Waals surface area contributed by atoms with Gasteiger partial charge in [-0.05, 0) is 6.92 Å². The summed E-state index contributed by atoms with van der Waals surface area (Å²) in [7, 11) is 0. The van der Waals surface area contributed by atoms with Crippen LogP contribution in [0.3, 0.4) is 0 Å². The van der Waals surface area contributed by atoms with Crippen LogP contribution in [-0.2, 0) is 42.9 Å². The van der Waals surface area contributed by atoms with E-state index in [1.54, 1.807) is 0 Å². The summed E-state index contributed by atoms with van der Waals surface area (Å²) < 4.78 is 25.9. The lowest BCUT2D eigenvalue weighted by Crippen LogP contribution is -2.44. The van der Waals surface area contributed by atoms with Gasteiger partial charge in [-0.1, -0.05) is 5.92 Å². The Hall–Kier alpha value is -2.60. The van der Waals surface area contributed by atoms with Gasteiger partial charge >= 0.3 is 23.9 Å². The van der Waals surface area contributed by atoms with Gasteiger partial charge in [0.1, 0.15) is 0 Å². The van der Waals surface area contributed by atoms with Crippen LogP contribution in [0.1, 0.15) is 34.6 Å². The molecule has 1 aliphatic heterocycles. The molecule has 1 aliphatic rings. The number of hydrogen-bond donors (Lipinski definition) is 0. The van der Waals surface area contributed by atoms with Crippen LogP contribution in [0.25, 0.3) is 0 Å². The zero-order valence-electron chi connectivity index (χ0n) is 14.6. The third-order valence-corrected chi connectivity index (χ3v) is 2.97. The fraction of sp³-hybridized carbons (Fsp3) is 0.625. The smallest absolute Gasteiger partial charge is 0.305 e. The molecule has 0 saturated carbocycles. The second kappa shape index (κ2) is 9.03. The summed E-state index contributed by atoms with van der Waals surface area (Å²) in [5.41, 5.74) is 0. The number of esters is 4. The van der Waals surface area contributed by atoms with Crippen LogP contribution in [0.2, 0.25) is 0 Å². The molecule has 5 atom stereocenters. The number of hydrogen-bond acceptors (Lipinski definition) is 9. The molecule has 0 amide bonds. The minimum atomic E-state index is -1.34. The van der Waals surface area contributed by atoms with E-state index in [-0.39, 0.29) is 0 Å². The molecule has 1 heterocycles. The highest BCUT2D eigenvalue weighted by Crippen LogP contribution is 2.31. The Balaban J connectivity index is 3.23. The highest BCUT2D eigenvalue weighted by atomic mass is 16.8. The Labute approximate surface area is 144 Å². The molecule has 0 unspecified atom stereocenters. The minimum Gasteiger partial charge on any atom is -0.455 e. The Kier molecular flexibility index (Phi) is 7.39. The van der Waals surface area contributed by atoms with Gasteiger partial charge in [0.05, 0.1) is 0 Å². The molecular weight excluding hydrogens is 336 g/mol. The quantitative estimate of drug-likeness (QED) is 0.384. The van der Waals surface area contributed by atoms with Crippen LogP contribution in [0, 0.1) is 11.8 Å². The molecule has 0 aliphatic carbocycles. The average molecular weight is 356 g/mol. The van der Waals surface area contributed by atoms with E-state index in [0.717, 1.165) is 20.8 Å². The fourth-order valence-electron chi connectivity index (χ4n) is 2.29. The summed E-state index contributed by atoms with van der Waals surface area (Å²) in [6.07, 6.45) is -5.99. The number of ether oxygens (including phenoxy) is 5. The van der Waals surface area contributed by atoms with Crippen molar-refractivity contribution < 1.29 is 42.9 Å². The lowest BCUT2D eigenvalue weighted by Gasteiger charge is -2.25. The van der Waals surface area contributed by atoms with E-state index in [9.17, 15) is 19.2 Å². The van der Waals surface area contributed by atoms with E-state index >= 15 is 0 Å². The van der Waals surface area contributed by atoms with Gasteiger partial charge in [-0.25, -0.2) is 0 Å². The molecule has 0 aromatic carbocycles. The Morgan fingerprint density at radius 3 is 1.80 bits per heavy atom. The molecule has 1 fully saturated rings. The van der Waals surface area contributed by atoms with Crippen LogP contribution in [0.15, 0.2) is 0 Å². The lowest BCUT2D eigenvalue weighted by molar-refractivity contribution is -0.199. The molecular formula is C16H20O9. The van der Waals surface area contributed by atoms with Gasteiger partial charge in [-0.3, -0.25) is 19.2 Å². The number of carbonyl (C=O) groups excluding carboxylic acids is 4. The summed E-state index contributed by atoms with van der Waals surface area (Å²) in [6.45, 7) is 6.11. The molecule has 0 N–H and O–H groups in total. The summed E-state index contributed by atoms with van der Waals surface area (Å²) in [5, 5.41) is 0. The molecule has 1 saturated heterocycles. The van der Waals surface area contributed by atoms with Crippen LogP contribution >= 0.6 is 0 Å². The summed E-state index contributed by atoms with van der Waals surface area (Å²) in [5.74, 6) is 2.46. The second-order valence-corrected chi connectivity index (χ2v) is 5.15. The largest absolute Gasteiger partial charge is 0.455 e. The monoisotopic (exact) mass is 356 g/mol. The second-order valence-electron chi connectivity index (χ2n) is 5.15. The van der Waals surface area contributed by atoms with Crippen molar-refractivity contribution in [3.8, 4) is 11.8 Å². The van der Waals surface area contributed by atoms with E-state index in [1.807, 2.05) is 0 Å². The first-order valence-corrected chi connectivity index (χ1v) is 7.42. The Morgan fingerprint density at radius 2 is 1.36 bits per heavy atom. The van der Waals surface area contributed by atoms with Gasteiger partial charge in [-0.2, -0.15) is 0 Å². The molecule has 1 rings (SSSR count). The average Bonchev–Trinajstić information content (AvgIpc) is 2.74. The van der Waals surface area contributed by atoms with E-state index in [0.29, 0.717) is 0 Å². The van der Waals surface area contributed by atoms with E-state index in [4.69, 9.17) is 23.7 Å². The third-order valence-electron chi connectivity index (χ3n) is 2.97. The minimum absolute atomic E-state index is 0.641. The molecule has 0 bridgehead atoms. The van der Waals surface area contributed by atoms with Crippen molar-refractivity contribution in [1.82, 2.24) is 0 Å². The van der Waals surface area contributed by atoms with Gasteiger partial charge in [0.15, 0.2) is 18.3 Å². The third kappa shape index (κ3) is 6.08. The van der Waals surface area contributed by atoms with Crippen molar-refractivity contribution in [3.63, 3.8) is 0 Å². The molecule has 25 heavy (non-hydrogen) atoms. The molecule has 0 aromatic rings. The van der Waals surface area contributed by atoms with Crippen molar-refractivity contribution in [2.45, 2.75) is 65.3 Å². The van der Waals surface area contributed by atoms with E-state index < -0.39 is 54.6 Å². The summed E-state index contributed by atoms with van der Waals surface area (Å²) >= 11 is 0. The van der Waals surface area contributed by atoms with E-state index in [2.05, 4.69) is 11.8 Å². The lowest BCUT2D eigenvalue weighted by atomic mass is 10.1. The topological polar surface area (TPSA) is 114 Å². The Morgan fingerprint density at radius 1 is 0.840 bits per heavy atom. The van der Waals surface area contributed by atoms with Crippen LogP contribution in [-0.4, -0.2) is 54.6 Å². The highest BCUT2D eigenvalue weighted by Gasteiger charge is 2.54. The van der Waals surface area contributed by atoms with Gasteiger partial charge in [0, 0.05) is 27.7 Å². The first kappa shape index (κ1) is 20.4. The first-order chi connectivity index (χ1) is 11.6. The molecule has 0 aromatic heterocycles. The number of carbonyl (C=O) groups is 4. The first-order valence-electron chi connectivity index (χ1n) is 7.42. The van der Waals surface area contributed by atoms with Crippen molar-refractivity contribution >= 4 is 23.9 Å². The molecule has 138 valence electrons. The van der Waals surface area contributed by atoms with Crippen molar-refractivity contribution in [2.75, 3.05) is 0 Å². The van der Waals surface area contributed by atoms with Gasteiger partial charge in [0.25, 0.3) is 0 Å². The predicted octanol–water partition coefficient (Wildman–Crippen LogP) is 0.0928. The maximum atomic E-state index is 11.4. The van der Waals surface area contributed by atoms with E-state index in [1.165, 1.54) is 13.8 Å². The molecule has 9 heteroatoms. The van der Waals surface area contributed by atoms with Crippen molar-refractivity contribution in [3.05, 3.63) is 0 Å². The Bertz CT molecular complexity index is 600. The molecule has 0 radical (unpaired) electrons. The molecule has 9 nitrogen and oxygen atoms in total. The van der Waals surface area contributed by atoms with Crippen LogP contribution in [0.4, 0.5) is 0 Å². The van der Waals surface area contributed by atoms with Gasteiger partial charge in [-0.15, -0.1) is 5.92 Å². The SMILES string of the molecule is CC#C[C@@H](OC(C)=O)[C@H]1O[C@H](OC(C)=O)[C@@H](OC(C)=O)[C@@H]1OC(C)=O. The van der Waals surface area contributed by atoms with Crippen molar-refractivity contribution in [1.29, 1.82) is 0 Å². The molecule has 0 spiro atoms. The number of rotatable bonds is 5. The van der Waals surface area contributed by atoms with Gasteiger partial charge < -0.3 is 23.7 Å². The van der Waals surface area contributed by atoms with Crippen LogP contribution < -0.4 is 0 Å². The van der Waals surface area contributed by atoms with Crippen LogP contribution in [0.5, 0.6) is 0 Å². The maximum Gasteiger partial charge on any atom is 0.305 e. The zero-order chi connectivity index (χ0) is 19.1. The standard InChI is InChI=1S/C16H20O9/c1-6-7-12(21-8(2)17)13-14(22-9(3)18)15(23-10(4)19)16(25-13)24-11(5)20/h12-16H,1-5H3/t12-,13-,14-,15+,16+/m1/s1. The summed E-state index contributed by atoms with van der Waals surface area (Å²) in [4.78, 5) is 45.4. The van der Waals surface area contributed by atoms with Crippen molar-refractivity contribution in [2.24, 2.45) is 0 Å².